The number of rotatable bonds is 7. The third-order valence-corrected chi connectivity index (χ3v) is 3.59. The van der Waals surface area contributed by atoms with Crippen molar-refractivity contribution in [3.05, 3.63) is 71.5 Å². The Morgan fingerprint density at radius 2 is 1.71 bits per heavy atom. The Hall–Kier alpha value is -1.67. The summed E-state index contributed by atoms with van der Waals surface area (Å²) in [4.78, 5) is 0. The zero-order valence-corrected chi connectivity index (χ0v) is 12.9. The van der Waals surface area contributed by atoms with Gasteiger partial charge in [-0.25, -0.2) is 4.39 Å². The van der Waals surface area contributed by atoms with E-state index in [-0.39, 0.29) is 5.82 Å². The van der Waals surface area contributed by atoms with E-state index in [1.165, 1.54) is 11.6 Å². The van der Waals surface area contributed by atoms with Crippen LogP contribution in [0.15, 0.2) is 54.6 Å². The molecule has 0 radical (unpaired) electrons. The van der Waals surface area contributed by atoms with Gasteiger partial charge in [-0.2, -0.15) is 0 Å². The van der Waals surface area contributed by atoms with Crippen LogP contribution in [-0.4, -0.2) is 13.1 Å². The van der Waals surface area contributed by atoms with Gasteiger partial charge in [-0.3, -0.25) is 0 Å². The van der Waals surface area contributed by atoms with Crippen LogP contribution in [0.1, 0.15) is 30.9 Å². The zero-order valence-electron chi connectivity index (χ0n) is 12.9. The van der Waals surface area contributed by atoms with Gasteiger partial charge in [-0.05, 0) is 42.1 Å². The van der Waals surface area contributed by atoms with Crippen molar-refractivity contribution < 1.29 is 4.39 Å². The first-order chi connectivity index (χ1) is 10.1. The van der Waals surface area contributed by atoms with Crippen molar-refractivity contribution in [2.75, 3.05) is 13.1 Å². The summed E-state index contributed by atoms with van der Waals surface area (Å²) >= 11 is 0. The summed E-state index contributed by atoms with van der Waals surface area (Å²) in [5.41, 5.74) is 2.35. The molecule has 0 aliphatic rings. The third kappa shape index (κ3) is 5.31. The minimum atomic E-state index is -0.158. The Balaban J connectivity index is 2.10. The van der Waals surface area contributed by atoms with Crippen molar-refractivity contribution in [2.24, 2.45) is 5.92 Å². The molecule has 112 valence electrons. The average Bonchev–Trinajstić information content (AvgIpc) is 2.47. The summed E-state index contributed by atoms with van der Waals surface area (Å²) in [6, 6.07) is 17.4. The van der Waals surface area contributed by atoms with Crippen molar-refractivity contribution >= 4 is 0 Å². The molecule has 1 atom stereocenters. The quantitative estimate of drug-likeness (QED) is 0.795. The molecule has 2 rings (SSSR count). The highest BCUT2D eigenvalue weighted by molar-refractivity contribution is 5.25. The van der Waals surface area contributed by atoms with Crippen LogP contribution in [0.5, 0.6) is 0 Å². The number of halogens is 1. The summed E-state index contributed by atoms with van der Waals surface area (Å²) in [7, 11) is 0. The number of benzene rings is 2. The van der Waals surface area contributed by atoms with Gasteiger partial charge in [0.25, 0.3) is 0 Å². The molecule has 0 bridgehead atoms. The second kappa shape index (κ2) is 7.94. The van der Waals surface area contributed by atoms with Gasteiger partial charge in [0.05, 0.1) is 0 Å². The number of nitrogens with one attached hydrogen (secondary N) is 1. The van der Waals surface area contributed by atoms with E-state index in [9.17, 15) is 4.39 Å². The molecule has 1 unspecified atom stereocenters. The van der Waals surface area contributed by atoms with Gasteiger partial charge in [0.15, 0.2) is 0 Å². The first kappa shape index (κ1) is 15.7. The maximum atomic E-state index is 13.5. The Bertz CT molecular complexity index is 536. The molecule has 1 N–H and O–H groups in total. The molecule has 0 heterocycles. The maximum absolute atomic E-state index is 13.5. The summed E-state index contributed by atoms with van der Waals surface area (Å²) in [5.74, 6) is 0.756. The van der Waals surface area contributed by atoms with E-state index < -0.39 is 0 Å². The smallest absolute Gasteiger partial charge is 0.123 e. The minimum absolute atomic E-state index is 0.158. The topological polar surface area (TPSA) is 12.0 Å². The Morgan fingerprint density at radius 1 is 0.952 bits per heavy atom. The van der Waals surface area contributed by atoms with Crippen LogP contribution in [-0.2, 0) is 6.42 Å². The summed E-state index contributed by atoms with van der Waals surface area (Å²) in [5, 5.41) is 3.50. The maximum Gasteiger partial charge on any atom is 0.123 e. The van der Waals surface area contributed by atoms with Crippen molar-refractivity contribution in [1.29, 1.82) is 0 Å². The molecule has 2 aromatic carbocycles. The van der Waals surface area contributed by atoms with Crippen molar-refractivity contribution in [1.82, 2.24) is 5.32 Å². The van der Waals surface area contributed by atoms with Crippen LogP contribution >= 0.6 is 0 Å². The highest BCUT2D eigenvalue weighted by atomic mass is 19.1. The van der Waals surface area contributed by atoms with Gasteiger partial charge in [0.2, 0.25) is 0 Å². The van der Waals surface area contributed by atoms with E-state index in [1.807, 2.05) is 12.1 Å². The number of hydrogen-bond acceptors (Lipinski definition) is 1. The standard InChI is InChI=1S/C19H24FN/c1-15(2)13-21-14-18(11-16-7-4-3-5-8-16)17-9-6-10-19(20)12-17/h3-10,12,15,18,21H,11,13-14H2,1-2H3. The Labute approximate surface area is 127 Å². The van der Waals surface area contributed by atoms with E-state index in [1.54, 1.807) is 12.1 Å². The Kier molecular flexibility index (Phi) is 5.94. The fourth-order valence-electron chi connectivity index (χ4n) is 2.51. The third-order valence-electron chi connectivity index (χ3n) is 3.59. The molecule has 0 spiro atoms. The lowest BCUT2D eigenvalue weighted by molar-refractivity contribution is 0.512. The van der Waals surface area contributed by atoms with Crippen LogP contribution in [0.25, 0.3) is 0 Å². The second-order valence-corrected chi connectivity index (χ2v) is 5.99. The molecular weight excluding hydrogens is 261 g/mol. The lowest BCUT2D eigenvalue weighted by Crippen LogP contribution is -2.26. The number of hydrogen-bond donors (Lipinski definition) is 1. The van der Waals surface area contributed by atoms with E-state index in [4.69, 9.17) is 0 Å². The van der Waals surface area contributed by atoms with Crippen molar-refractivity contribution in [2.45, 2.75) is 26.2 Å². The molecule has 0 aliphatic carbocycles. The van der Waals surface area contributed by atoms with Gasteiger partial charge in [0, 0.05) is 12.5 Å². The van der Waals surface area contributed by atoms with Gasteiger partial charge in [-0.15, -0.1) is 0 Å². The van der Waals surface area contributed by atoms with Crippen molar-refractivity contribution in [3.63, 3.8) is 0 Å². The van der Waals surface area contributed by atoms with Gasteiger partial charge in [0.1, 0.15) is 5.82 Å². The predicted octanol–water partition coefficient (Wildman–Crippen LogP) is 4.40. The summed E-state index contributed by atoms with van der Waals surface area (Å²) < 4.78 is 13.5. The average molecular weight is 285 g/mol. The largest absolute Gasteiger partial charge is 0.316 e. The monoisotopic (exact) mass is 285 g/mol. The molecule has 0 fully saturated rings. The highest BCUT2D eigenvalue weighted by Crippen LogP contribution is 2.21. The first-order valence-corrected chi connectivity index (χ1v) is 7.65. The van der Waals surface area contributed by atoms with E-state index in [0.29, 0.717) is 11.8 Å². The molecule has 0 amide bonds. The first-order valence-electron chi connectivity index (χ1n) is 7.65. The molecule has 0 saturated heterocycles. The van der Waals surface area contributed by atoms with E-state index in [0.717, 1.165) is 25.1 Å². The van der Waals surface area contributed by atoms with Crippen LogP contribution in [0.2, 0.25) is 0 Å². The molecular formula is C19H24FN. The van der Waals surface area contributed by atoms with Gasteiger partial charge >= 0.3 is 0 Å². The lowest BCUT2D eigenvalue weighted by Gasteiger charge is -2.19. The van der Waals surface area contributed by atoms with Gasteiger partial charge < -0.3 is 5.32 Å². The van der Waals surface area contributed by atoms with Gasteiger partial charge in [-0.1, -0.05) is 56.3 Å². The highest BCUT2D eigenvalue weighted by Gasteiger charge is 2.13. The predicted molar refractivity (Wildman–Crippen MR) is 87.0 cm³/mol. The minimum Gasteiger partial charge on any atom is -0.316 e. The van der Waals surface area contributed by atoms with Crippen LogP contribution in [0.4, 0.5) is 4.39 Å². The summed E-state index contributed by atoms with van der Waals surface area (Å²) in [6.07, 6.45) is 0.926. The second-order valence-electron chi connectivity index (χ2n) is 5.99. The van der Waals surface area contributed by atoms with Crippen LogP contribution < -0.4 is 5.32 Å². The molecule has 0 aromatic heterocycles. The normalized spacial score (nSPS) is 12.6. The van der Waals surface area contributed by atoms with Crippen molar-refractivity contribution in [3.8, 4) is 0 Å². The SMILES string of the molecule is CC(C)CNCC(Cc1ccccc1)c1cccc(F)c1. The molecule has 2 heteroatoms. The van der Waals surface area contributed by atoms with E-state index in [2.05, 4.69) is 43.4 Å². The van der Waals surface area contributed by atoms with E-state index >= 15 is 0 Å². The molecule has 0 aliphatic heterocycles. The molecule has 21 heavy (non-hydrogen) atoms. The van der Waals surface area contributed by atoms with Crippen LogP contribution in [0.3, 0.4) is 0 Å². The Morgan fingerprint density at radius 3 is 2.38 bits per heavy atom. The molecule has 1 nitrogen and oxygen atoms in total. The van der Waals surface area contributed by atoms with Crippen LogP contribution in [0, 0.1) is 11.7 Å². The fraction of sp³-hybridized carbons (Fsp3) is 0.368. The summed E-state index contributed by atoms with van der Waals surface area (Å²) in [6.45, 7) is 6.25. The lowest BCUT2D eigenvalue weighted by atomic mass is 9.91. The zero-order chi connectivity index (χ0) is 15.1. The molecule has 0 saturated carbocycles. The molecule has 2 aromatic rings. The fourth-order valence-corrected chi connectivity index (χ4v) is 2.51.